The molecule has 70 valence electrons. The van der Waals surface area contributed by atoms with E-state index in [1.165, 1.54) is 18.9 Å². The van der Waals surface area contributed by atoms with Crippen LogP contribution in [0.3, 0.4) is 0 Å². The number of hydrogen-bond acceptors (Lipinski definition) is 2. The van der Waals surface area contributed by atoms with Gasteiger partial charge in [0, 0.05) is 12.2 Å². The van der Waals surface area contributed by atoms with E-state index in [0.717, 1.165) is 12.5 Å². The summed E-state index contributed by atoms with van der Waals surface area (Å²) in [6.45, 7) is 0.876. The highest BCUT2D eigenvalue weighted by Gasteiger charge is 2.20. The SMILES string of the molecule is Nc1ccc(NCC2CC2)c(F)c1. The lowest BCUT2D eigenvalue weighted by Gasteiger charge is -2.06. The first-order chi connectivity index (χ1) is 6.25. The molecule has 1 aromatic carbocycles. The third-order valence-corrected chi connectivity index (χ3v) is 2.27. The van der Waals surface area contributed by atoms with Crippen molar-refractivity contribution >= 4 is 11.4 Å². The van der Waals surface area contributed by atoms with E-state index in [2.05, 4.69) is 5.32 Å². The van der Waals surface area contributed by atoms with Gasteiger partial charge in [-0.25, -0.2) is 4.39 Å². The molecule has 1 aliphatic carbocycles. The topological polar surface area (TPSA) is 38.0 Å². The van der Waals surface area contributed by atoms with Crippen LogP contribution in [0.15, 0.2) is 18.2 Å². The van der Waals surface area contributed by atoms with Crippen LogP contribution in [-0.4, -0.2) is 6.54 Å². The lowest BCUT2D eigenvalue weighted by atomic mass is 10.2. The summed E-state index contributed by atoms with van der Waals surface area (Å²) >= 11 is 0. The molecule has 2 nitrogen and oxygen atoms in total. The number of benzene rings is 1. The van der Waals surface area contributed by atoms with Gasteiger partial charge in [-0.3, -0.25) is 0 Å². The quantitative estimate of drug-likeness (QED) is 0.700. The van der Waals surface area contributed by atoms with Crippen molar-refractivity contribution in [2.45, 2.75) is 12.8 Å². The fraction of sp³-hybridized carbons (Fsp3) is 0.400. The van der Waals surface area contributed by atoms with Crippen molar-refractivity contribution in [2.24, 2.45) is 5.92 Å². The Morgan fingerprint density at radius 3 is 2.85 bits per heavy atom. The molecule has 2 rings (SSSR count). The highest BCUT2D eigenvalue weighted by atomic mass is 19.1. The van der Waals surface area contributed by atoms with Gasteiger partial charge in [0.25, 0.3) is 0 Å². The highest BCUT2D eigenvalue weighted by molar-refractivity contribution is 5.52. The van der Waals surface area contributed by atoms with Crippen LogP contribution in [-0.2, 0) is 0 Å². The van der Waals surface area contributed by atoms with Crippen LogP contribution in [0.25, 0.3) is 0 Å². The Bertz CT molecular complexity index is 308. The van der Waals surface area contributed by atoms with Gasteiger partial charge in [-0.2, -0.15) is 0 Å². The average molecular weight is 180 g/mol. The summed E-state index contributed by atoms with van der Waals surface area (Å²) in [5.41, 5.74) is 6.45. The van der Waals surface area contributed by atoms with E-state index in [9.17, 15) is 4.39 Å². The second-order valence-corrected chi connectivity index (χ2v) is 3.56. The minimum absolute atomic E-state index is 0.263. The molecule has 0 amide bonds. The summed E-state index contributed by atoms with van der Waals surface area (Å²) in [7, 11) is 0. The first kappa shape index (κ1) is 8.35. The fourth-order valence-corrected chi connectivity index (χ4v) is 1.25. The first-order valence-corrected chi connectivity index (χ1v) is 4.54. The molecule has 0 atom stereocenters. The van der Waals surface area contributed by atoms with Gasteiger partial charge in [-0.05, 0) is 37.0 Å². The van der Waals surface area contributed by atoms with Crippen LogP contribution in [0.5, 0.6) is 0 Å². The van der Waals surface area contributed by atoms with Gasteiger partial charge in [-0.15, -0.1) is 0 Å². The largest absolute Gasteiger partial charge is 0.399 e. The van der Waals surface area contributed by atoms with Crippen molar-refractivity contribution in [2.75, 3.05) is 17.6 Å². The number of nitrogens with two attached hydrogens (primary N) is 1. The Hall–Kier alpha value is -1.25. The maximum Gasteiger partial charge on any atom is 0.148 e. The lowest BCUT2D eigenvalue weighted by molar-refractivity contribution is 0.630. The molecular weight excluding hydrogens is 167 g/mol. The van der Waals surface area contributed by atoms with Gasteiger partial charge in [0.2, 0.25) is 0 Å². The van der Waals surface area contributed by atoms with Crippen molar-refractivity contribution in [3.8, 4) is 0 Å². The zero-order chi connectivity index (χ0) is 9.26. The number of nitrogen functional groups attached to an aromatic ring is 1. The third-order valence-electron chi connectivity index (χ3n) is 2.27. The van der Waals surface area contributed by atoms with Gasteiger partial charge in [0.1, 0.15) is 5.82 Å². The molecule has 0 aliphatic heterocycles. The van der Waals surface area contributed by atoms with E-state index in [4.69, 9.17) is 5.73 Å². The minimum atomic E-state index is -0.263. The molecule has 0 saturated heterocycles. The number of nitrogens with one attached hydrogen (secondary N) is 1. The van der Waals surface area contributed by atoms with Crippen LogP contribution in [0.1, 0.15) is 12.8 Å². The molecule has 0 spiro atoms. The molecule has 0 aromatic heterocycles. The van der Waals surface area contributed by atoms with E-state index in [-0.39, 0.29) is 5.82 Å². The Balaban J connectivity index is 2.01. The van der Waals surface area contributed by atoms with Crippen LogP contribution in [0, 0.1) is 11.7 Å². The molecule has 1 fully saturated rings. The molecular formula is C10H13FN2. The van der Waals surface area contributed by atoms with Crippen molar-refractivity contribution < 1.29 is 4.39 Å². The Labute approximate surface area is 76.9 Å². The van der Waals surface area contributed by atoms with Gasteiger partial charge in [0.05, 0.1) is 5.69 Å². The molecule has 13 heavy (non-hydrogen) atoms. The van der Waals surface area contributed by atoms with E-state index < -0.39 is 0 Å². The van der Waals surface area contributed by atoms with E-state index in [0.29, 0.717) is 11.4 Å². The summed E-state index contributed by atoms with van der Waals surface area (Å²) in [5, 5.41) is 3.07. The number of anilines is 2. The van der Waals surface area contributed by atoms with Gasteiger partial charge in [0.15, 0.2) is 0 Å². The number of hydrogen-bond donors (Lipinski definition) is 2. The zero-order valence-corrected chi connectivity index (χ0v) is 7.39. The monoisotopic (exact) mass is 180 g/mol. The fourth-order valence-electron chi connectivity index (χ4n) is 1.25. The Morgan fingerprint density at radius 2 is 2.23 bits per heavy atom. The average Bonchev–Trinajstić information content (AvgIpc) is 2.86. The molecule has 3 heteroatoms. The van der Waals surface area contributed by atoms with Gasteiger partial charge in [-0.1, -0.05) is 0 Å². The first-order valence-electron chi connectivity index (χ1n) is 4.54. The molecule has 3 N–H and O–H groups in total. The smallest absolute Gasteiger partial charge is 0.148 e. The van der Waals surface area contributed by atoms with E-state index in [1.807, 2.05) is 0 Å². The van der Waals surface area contributed by atoms with Gasteiger partial charge < -0.3 is 11.1 Å². The van der Waals surface area contributed by atoms with Crippen LogP contribution in [0.2, 0.25) is 0 Å². The maximum atomic E-state index is 13.2. The number of halogens is 1. The summed E-state index contributed by atoms with van der Waals surface area (Å²) in [6, 6.07) is 4.74. The molecule has 1 aromatic rings. The molecule has 1 saturated carbocycles. The zero-order valence-electron chi connectivity index (χ0n) is 7.39. The summed E-state index contributed by atoms with van der Waals surface area (Å²) in [6.07, 6.45) is 2.53. The third kappa shape index (κ3) is 2.11. The van der Waals surface area contributed by atoms with Crippen LogP contribution >= 0.6 is 0 Å². The van der Waals surface area contributed by atoms with E-state index in [1.54, 1.807) is 12.1 Å². The van der Waals surface area contributed by atoms with E-state index >= 15 is 0 Å². The summed E-state index contributed by atoms with van der Waals surface area (Å²) in [5.74, 6) is 0.484. The predicted molar refractivity (Wildman–Crippen MR) is 52.0 cm³/mol. The van der Waals surface area contributed by atoms with Crippen molar-refractivity contribution in [1.82, 2.24) is 0 Å². The predicted octanol–water partition coefficient (Wildman–Crippen LogP) is 2.23. The van der Waals surface area contributed by atoms with Gasteiger partial charge >= 0.3 is 0 Å². The van der Waals surface area contributed by atoms with Crippen molar-refractivity contribution in [1.29, 1.82) is 0 Å². The van der Waals surface area contributed by atoms with Crippen LogP contribution < -0.4 is 11.1 Å². The second kappa shape index (κ2) is 3.24. The highest BCUT2D eigenvalue weighted by Crippen LogP contribution is 2.29. The second-order valence-electron chi connectivity index (χ2n) is 3.56. The molecule has 1 aliphatic rings. The Kier molecular flexibility index (Phi) is 2.08. The minimum Gasteiger partial charge on any atom is -0.399 e. The molecule has 0 radical (unpaired) electrons. The molecule has 0 bridgehead atoms. The van der Waals surface area contributed by atoms with Crippen molar-refractivity contribution in [3.05, 3.63) is 24.0 Å². The lowest BCUT2D eigenvalue weighted by Crippen LogP contribution is -2.05. The van der Waals surface area contributed by atoms with Crippen LogP contribution in [0.4, 0.5) is 15.8 Å². The Morgan fingerprint density at radius 1 is 1.46 bits per heavy atom. The number of rotatable bonds is 3. The maximum absolute atomic E-state index is 13.2. The van der Waals surface area contributed by atoms with Crippen molar-refractivity contribution in [3.63, 3.8) is 0 Å². The standard InChI is InChI=1S/C10H13FN2/c11-9-5-8(12)3-4-10(9)13-6-7-1-2-7/h3-5,7,13H,1-2,6,12H2. The molecule has 0 unspecified atom stereocenters. The molecule has 0 heterocycles. The summed E-state index contributed by atoms with van der Waals surface area (Å²) in [4.78, 5) is 0. The normalized spacial score (nSPS) is 15.8. The summed E-state index contributed by atoms with van der Waals surface area (Å²) < 4.78 is 13.2.